The molecule has 1 unspecified atom stereocenters. The number of rotatable bonds is 12. The lowest BCUT2D eigenvalue weighted by molar-refractivity contribution is -0.192. The summed E-state index contributed by atoms with van der Waals surface area (Å²) in [4.78, 5) is 88.3. The number of aromatic nitrogens is 1. The van der Waals surface area contributed by atoms with E-state index >= 15 is 0 Å². The van der Waals surface area contributed by atoms with Crippen LogP contribution in [0.4, 0.5) is 23.1 Å². The standard InChI is InChI=1S/C34H35N7O8S2.C2HF3O2/c1-39-13-15-40(16-14-39)34(46)48-17-23-18-50-31-26(37-29(43)25(38-47-2)24-19-51-33(36-24)35-20-42)30(44)41(31)27(23)32(45)49-28(21-9-5-3-6-10-21)22-11-7-4-8-12-22;3-2(4,5)1(6)7/h3-12,19-20,26,28,31H,13-18H2,1-2H3,(H,37,43)(H,35,36,42);(H,6,7)/t26?,31-;/m0./s1. The van der Waals surface area contributed by atoms with Crippen LogP contribution < -0.4 is 10.6 Å². The third kappa shape index (κ3) is 10.5. The van der Waals surface area contributed by atoms with Crippen molar-refractivity contribution in [2.75, 3.05) is 58.0 Å². The predicted octanol–water partition coefficient (Wildman–Crippen LogP) is 3.07. The Morgan fingerprint density at radius 2 is 1.64 bits per heavy atom. The van der Waals surface area contributed by atoms with Gasteiger partial charge in [-0.1, -0.05) is 65.8 Å². The molecule has 0 aliphatic carbocycles. The Kier molecular flexibility index (Phi) is 14.5. The van der Waals surface area contributed by atoms with Gasteiger partial charge in [0.15, 0.2) is 16.9 Å². The summed E-state index contributed by atoms with van der Waals surface area (Å²) in [6.45, 7) is 2.19. The van der Waals surface area contributed by atoms with Gasteiger partial charge in [-0.2, -0.15) is 13.2 Å². The number of carboxylic acid groups (broad SMARTS) is 1. The summed E-state index contributed by atoms with van der Waals surface area (Å²) in [6, 6.07) is 17.4. The molecule has 308 valence electrons. The second-order valence-electron chi connectivity index (χ2n) is 12.5. The van der Waals surface area contributed by atoms with Gasteiger partial charge in [0.25, 0.3) is 11.8 Å². The number of carboxylic acids is 1. The van der Waals surface area contributed by atoms with Crippen LogP contribution in [0, 0.1) is 0 Å². The molecular weight excluding hydrogens is 812 g/mol. The molecule has 2 aromatic carbocycles. The average molecular weight is 848 g/mol. The van der Waals surface area contributed by atoms with Crippen molar-refractivity contribution in [3.63, 3.8) is 0 Å². The minimum Gasteiger partial charge on any atom is -0.475 e. The first-order valence-corrected chi connectivity index (χ1v) is 19.1. The summed E-state index contributed by atoms with van der Waals surface area (Å²) >= 11 is 2.38. The van der Waals surface area contributed by atoms with Crippen LogP contribution in [0.3, 0.4) is 0 Å². The summed E-state index contributed by atoms with van der Waals surface area (Å²) in [5.74, 6) is -4.63. The van der Waals surface area contributed by atoms with Crippen LogP contribution >= 0.6 is 23.1 Å². The van der Waals surface area contributed by atoms with Gasteiger partial charge in [0.1, 0.15) is 36.5 Å². The van der Waals surface area contributed by atoms with Crippen LogP contribution in [0.5, 0.6) is 0 Å². The second kappa shape index (κ2) is 19.4. The van der Waals surface area contributed by atoms with Gasteiger partial charge in [-0.05, 0) is 18.2 Å². The molecule has 4 amide bonds. The van der Waals surface area contributed by atoms with E-state index in [1.165, 1.54) is 29.2 Å². The largest absolute Gasteiger partial charge is 0.490 e. The molecular formula is C36H36F3N7O10S2. The fourth-order valence-corrected chi connectivity index (χ4v) is 7.75. The number of esters is 1. The van der Waals surface area contributed by atoms with Crippen LogP contribution in [-0.4, -0.2) is 137 Å². The quantitative estimate of drug-likeness (QED) is 0.0789. The van der Waals surface area contributed by atoms with Gasteiger partial charge in [0.05, 0.1) is 0 Å². The Labute approximate surface area is 336 Å². The SMILES string of the molecule is CON=C(C(=O)NC1C(=O)N2C(C(=O)OC(c3ccccc3)c3ccccc3)=C(COC(=O)N3CCN(C)CC3)CS[C@@H]12)c1csc(NC=O)n1.O=C(O)C(F)(F)F. The number of thioether (sulfide) groups is 1. The van der Waals surface area contributed by atoms with E-state index in [1.807, 2.05) is 67.7 Å². The third-order valence-corrected chi connectivity index (χ3v) is 10.8. The number of piperazine rings is 1. The van der Waals surface area contributed by atoms with Crippen molar-refractivity contribution in [1.29, 1.82) is 0 Å². The predicted molar refractivity (Wildman–Crippen MR) is 202 cm³/mol. The summed E-state index contributed by atoms with van der Waals surface area (Å²) < 4.78 is 43.6. The number of likely N-dealkylation sites (N-methyl/N-ethyl adjacent to an activating group) is 1. The van der Waals surface area contributed by atoms with Crippen molar-refractivity contribution in [2.24, 2.45) is 5.16 Å². The van der Waals surface area contributed by atoms with E-state index in [0.29, 0.717) is 38.2 Å². The van der Waals surface area contributed by atoms with E-state index < -0.39 is 53.5 Å². The number of fused-ring (bicyclic) bond motifs is 1. The van der Waals surface area contributed by atoms with Crippen molar-refractivity contribution in [3.8, 4) is 0 Å². The molecule has 3 aromatic rings. The Bertz CT molecular complexity index is 2010. The van der Waals surface area contributed by atoms with E-state index in [9.17, 15) is 37.1 Å². The molecule has 58 heavy (non-hydrogen) atoms. The van der Waals surface area contributed by atoms with Gasteiger partial charge in [-0.25, -0.2) is 19.4 Å². The fourth-order valence-electron chi connectivity index (χ4n) is 5.76. The first kappa shape index (κ1) is 43.1. The number of hydrogen-bond donors (Lipinski definition) is 3. The zero-order valence-electron chi connectivity index (χ0n) is 30.7. The highest BCUT2D eigenvalue weighted by Crippen LogP contribution is 2.42. The molecule has 2 atom stereocenters. The lowest BCUT2D eigenvalue weighted by Crippen LogP contribution is -2.71. The maximum absolute atomic E-state index is 14.2. The first-order valence-electron chi connectivity index (χ1n) is 17.2. The van der Waals surface area contributed by atoms with Crippen LogP contribution in [0.1, 0.15) is 22.9 Å². The molecule has 3 aliphatic rings. The number of nitrogens with one attached hydrogen (secondary N) is 2. The van der Waals surface area contributed by atoms with Gasteiger partial charge >= 0.3 is 24.2 Å². The first-order chi connectivity index (χ1) is 27.7. The molecule has 6 rings (SSSR count). The number of oxime groups is 1. The number of halogens is 3. The molecule has 0 spiro atoms. The molecule has 17 nitrogen and oxygen atoms in total. The lowest BCUT2D eigenvalue weighted by Gasteiger charge is -2.49. The van der Waals surface area contributed by atoms with Crippen LogP contribution in [0.15, 0.2) is 82.5 Å². The Balaban J connectivity index is 0.000000839. The van der Waals surface area contributed by atoms with E-state index in [2.05, 4.69) is 25.7 Å². The number of carbonyl (C=O) groups excluding carboxylic acids is 5. The highest BCUT2D eigenvalue weighted by atomic mass is 32.2. The number of thiazole rings is 1. The molecule has 0 saturated carbocycles. The summed E-state index contributed by atoms with van der Waals surface area (Å²) in [5.41, 5.74) is 1.74. The summed E-state index contributed by atoms with van der Waals surface area (Å²) in [5, 5.41) is 17.1. The van der Waals surface area contributed by atoms with Crippen molar-refractivity contribution < 1.29 is 61.4 Å². The van der Waals surface area contributed by atoms with Crippen molar-refractivity contribution in [3.05, 3.63) is 94.1 Å². The van der Waals surface area contributed by atoms with Crippen molar-refractivity contribution in [1.82, 2.24) is 25.0 Å². The Hall–Kier alpha value is -6.00. The van der Waals surface area contributed by atoms with Crippen LogP contribution in [0.2, 0.25) is 0 Å². The fraction of sp³-hybridized carbons (Fsp3) is 0.333. The molecule has 0 bridgehead atoms. The molecule has 1 aromatic heterocycles. The van der Waals surface area contributed by atoms with Gasteiger partial charge in [-0.15, -0.1) is 23.1 Å². The Morgan fingerprint density at radius 1 is 1.03 bits per heavy atom. The molecule has 2 fully saturated rings. The van der Waals surface area contributed by atoms with E-state index in [0.717, 1.165) is 22.5 Å². The second-order valence-corrected chi connectivity index (χ2v) is 14.5. The van der Waals surface area contributed by atoms with Gasteiger partial charge in [0, 0.05) is 42.9 Å². The molecule has 2 saturated heterocycles. The minimum absolute atomic E-state index is 0.0350. The number of β-lactam (4-membered cyclic amide) rings is 1. The maximum atomic E-state index is 14.2. The molecule has 0 radical (unpaired) electrons. The zero-order chi connectivity index (χ0) is 42.0. The van der Waals surface area contributed by atoms with Crippen LogP contribution in [0.25, 0.3) is 0 Å². The number of anilines is 1. The average Bonchev–Trinajstić information content (AvgIpc) is 3.68. The number of amides is 4. The van der Waals surface area contributed by atoms with Crippen molar-refractivity contribution in [2.45, 2.75) is 23.7 Å². The Morgan fingerprint density at radius 3 is 2.19 bits per heavy atom. The highest BCUT2D eigenvalue weighted by molar-refractivity contribution is 8.00. The number of nitrogens with zero attached hydrogens (tertiary/aromatic N) is 5. The van der Waals surface area contributed by atoms with Crippen molar-refractivity contribution >= 4 is 70.2 Å². The lowest BCUT2D eigenvalue weighted by atomic mass is 10.0. The number of hydrogen-bond acceptors (Lipinski definition) is 14. The van der Waals surface area contributed by atoms with E-state index in [4.69, 9.17) is 24.2 Å². The normalized spacial score (nSPS) is 18.2. The number of alkyl halides is 3. The number of carbonyl (C=O) groups is 6. The smallest absolute Gasteiger partial charge is 0.475 e. The van der Waals surface area contributed by atoms with Gasteiger partial charge < -0.3 is 39.9 Å². The molecule has 22 heteroatoms. The van der Waals surface area contributed by atoms with Gasteiger partial charge in [0.2, 0.25) is 6.41 Å². The number of benzene rings is 2. The van der Waals surface area contributed by atoms with Crippen LogP contribution in [-0.2, 0) is 38.3 Å². The monoisotopic (exact) mass is 847 g/mol. The number of aliphatic carboxylic acids is 1. The summed E-state index contributed by atoms with van der Waals surface area (Å²) in [7, 11) is 3.24. The van der Waals surface area contributed by atoms with E-state index in [1.54, 1.807) is 4.90 Å². The van der Waals surface area contributed by atoms with Gasteiger partial charge in [-0.3, -0.25) is 19.3 Å². The topological polar surface area (TPSA) is 209 Å². The maximum Gasteiger partial charge on any atom is 0.490 e. The molecule has 3 aliphatic heterocycles. The zero-order valence-corrected chi connectivity index (χ0v) is 32.3. The third-order valence-electron chi connectivity index (χ3n) is 8.66. The van der Waals surface area contributed by atoms with E-state index in [-0.39, 0.29) is 34.6 Å². The molecule has 3 N–H and O–H groups in total. The summed E-state index contributed by atoms with van der Waals surface area (Å²) in [6.07, 6.45) is -5.94. The highest BCUT2D eigenvalue weighted by Gasteiger charge is 2.55. The minimum atomic E-state index is -5.08. The molecule has 4 heterocycles. The number of ether oxygens (including phenoxy) is 2.